The smallest absolute Gasteiger partial charge is 0.237 e. The summed E-state index contributed by atoms with van der Waals surface area (Å²) in [4.78, 5) is 12.6. The maximum atomic E-state index is 12.6. The first-order valence-electron chi connectivity index (χ1n) is 8.70. The second-order valence-corrected chi connectivity index (χ2v) is 7.29. The fourth-order valence-corrected chi connectivity index (χ4v) is 3.46. The summed E-state index contributed by atoms with van der Waals surface area (Å²) in [6.45, 7) is 6.13. The van der Waals surface area contributed by atoms with Crippen LogP contribution in [0.5, 0.6) is 0 Å². The third kappa shape index (κ3) is 4.30. The second kappa shape index (κ2) is 9.02. The first kappa shape index (κ1) is 19.4. The molecule has 0 aliphatic carbocycles. The van der Waals surface area contributed by atoms with E-state index in [1.54, 1.807) is 37.3 Å². The number of nitrogens with one attached hydrogen (secondary N) is 1. The third-order valence-electron chi connectivity index (χ3n) is 4.02. The van der Waals surface area contributed by atoms with E-state index in [4.69, 9.17) is 0 Å². The minimum atomic E-state index is -0.428. The number of carbonyl (C=O) groups excluding carboxylic acids is 1. The van der Waals surface area contributed by atoms with Crippen molar-refractivity contribution in [2.24, 2.45) is 0 Å². The number of amides is 1. The van der Waals surface area contributed by atoms with E-state index in [1.807, 2.05) is 34.9 Å². The highest BCUT2D eigenvalue weighted by atomic mass is 32.2. The van der Waals surface area contributed by atoms with Gasteiger partial charge in [-0.05, 0) is 19.1 Å². The maximum absolute atomic E-state index is 12.6. The number of carbonyl (C=O) groups is 1. The van der Waals surface area contributed by atoms with Crippen LogP contribution in [0.1, 0.15) is 12.5 Å². The average Bonchev–Trinajstić information content (AvgIpc) is 3.11. The molecule has 0 fully saturated rings. The van der Waals surface area contributed by atoms with Crippen LogP contribution in [-0.4, -0.2) is 25.9 Å². The van der Waals surface area contributed by atoms with Gasteiger partial charge in [-0.1, -0.05) is 60.3 Å². The lowest BCUT2D eigenvalue weighted by Gasteiger charge is -2.13. The molecule has 0 aliphatic heterocycles. The van der Waals surface area contributed by atoms with Gasteiger partial charge in [0.25, 0.3) is 0 Å². The molecule has 1 aromatic heterocycles. The Morgan fingerprint density at radius 2 is 1.96 bits per heavy atom. The molecule has 1 N–H and O–H groups in total. The molecule has 3 aromatic rings. The molecule has 140 valence electrons. The van der Waals surface area contributed by atoms with Crippen molar-refractivity contribution >= 4 is 23.4 Å². The summed E-state index contributed by atoms with van der Waals surface area (Å²) < 4.78 is 1.93. The monoisotopic (exact) mass is 389 g/mol. The summed E-state index contributed by atoms with van der Waals surface area (Å²) in [5, 5.41) is 20.8. The molecule has 1 amide bonds. The van der Waals surface area contributed by atoms with Gasteiger partial charge in [-0.2, -0.15) is 5.26 Å². The fourth-order valence-electron chi connectivity index (χ4n) is 2.61. The largest absolute Gasteiger partial charge is 0.324 e. The summed E-state index contributed by atoms with van der Waals surface area (Å²) in [5.74, 6) is 0.521. The molecule has 0 saturated carbocycles. The molecule has 0 radical (unpaired) electrons. The predicted octanol–water partition coefficient (Wildman–Crippen LogP) is 4.12. The van der Waals surface area contributed by atoms with Gasteiger partial charge in [0.1, 0.15) is 6.07 Å². The van der Waals surface area contributed by atoms with Crippen molar-refractivity contribution in [1.82, 2.24) is 14.8 Å². The van der Waals surface area contributed by atoms with E-state index in [0.717, 1.165) is 11.4 Å². The normalized spacial score (nSPS) is 11.4. The molecule has 0 bridgehead atoms. The van der Waals surface area contributed by atoms with Crippen molar-refractivity contribution in [3.63, 3.8) is 0 Å². The summed E-state index contributed by atoms with van der Waals surface area (Å²) in [7, 11) is 0. The van der Waals surface area contributed by atoms with Crippen molar-refractivity contribution in [3.8, 4) is 17.5 Å². The Morgan fingerprint density at radius 1 is 1.25 bits per heavy atom. The molecular formula is C21H19N5OS. The van der Waals surface area contributed by atoms with Crippen LogP contribution in [0.4, 0.5) is 5.69 Å². The van der Waals surface area contributed by atoms with Crippen LogP contribution in [0.15, 0.2) is 72.4 Å². The van der Waals surface area contributed by atoms with E-state index in [0.29, 0.717) is 23.0 Å². The molecule has 0 aliphatic rings. The quantitative estimate of drug-likeness (QED) is 0.485. The topological polar surface area (TPSA) is 83.6 Å². The van der Waals surface area contributed by atoms with Crippen molar-refractivity contribution in [2.75, 3.05) is 5.32 Å². The van der Waals surface area contributed by atoms with Crippen LogP contribution in [0.2, 0.25) is 0 Å². The van der Waals surface area contributed by atoms with Crippen molar-refractivity contribution in [2.45, 2.75) is 23.9 Å². The molecule has 0 unspecified atom stereocenters. The second-order valence-electron chi connectivity index (χ2n) is 5.98. The zero-order valence-electron chi connectivity index (χ0n) is 15.4. The van der Waals surface area contributed by atoms with Crippen molar-refractivity contribution < 1.29 is 4.79 Å². The number of allylic oxidation sites excluding steroid dienone is 1. The van der Waals surface area contributed by atoms with Crippen LogP contribution in [0.25, 0.3) is 11.4 Å². The summed E-state index contributed by atoms with van der Waals surface area (Å²) in [6.07, 6.45) is 1.77. The predicted molar refractivity (Wildman–Crippen MR) is 111 cm³/mol. The lowest BCUT2D eigenvalue weighted by atomic mass is 10.2. The van der Waals surface area contributed by atoms with Crippen LogP contribution in [0.3, 0.4) is 0 Å². The number of nitrogens with zero attached hydrogens (tertiary/aromatic N) is 4. The highest BCUT2D eigenvalue weighted by molar-refractivity contribution is 8.00. The van der Waals surface area contributed by atoms with Gasteiger partial charge in [0.2, 0.25) is 5.91 Å². The number of hydrogen-bond donors (Lipinski definition) is 1. The number of thioether (sulfide) groups is 1. The number of aromatic nitrogens is 3. The molecule has 28 heavy (non-hydrogen) atoms. The molecule has 1 atom stereocenters. The first-order valence-corrected chi connectivity index (χ1v) is 9.58. The molecule has 2 aromatic carbocycles. The SMILES string of the molecule is C=CCn1c(S[C@H](C)C(=O)Nc2ccccc2C#N)nnc1-c1ccccc1. The first-order chi connectivity index (χ1) is 13.6. The number of para-hydroxylation sites is 1. The molecule has 7 heteroatoms. The van der Waals surface area contributed by atoms with Crippen molar-refractivity contribution in [3.05, 3.63) is 72.8 Å². The van der Waals surface area contributed by atoms with E-state index in [9.17, 15) is 10.1 Å². The Balaban J connectivity index is 1.79. The Kier molecular flexibility index (Phi) is 6.25. The Bertz CT molecular complexity index is 1020. The van der Waals surface area contributed by atoms with Crippen LogP contribution in [-0.2, 0) is 11.3 Å². The van der Waals surface area contributed by atoms with Gasteiger partial charge in [0.05, 0.1) is 16.5 Å². The van der Waals surface area contributed by atoms with E-state index < -0.39 is 5.25 Å². The Morgan fingerprint density at radius 3 is 2.68 bits per heavy atom. The Labute approximate surface area is 167 Å². The van der Waals surface area contributed by atoms with E-state index >= 15 is 0 Å². The number of rotatable bonds is 7. The van der Waals surface area contributed by atoms with Crippen LogP contribution >= 0.6 is 11.8 Å². The lowest BCUT2D eigenvalue weighted by Crippen LogP contribution is -2.23. The fraction of sp³-hybridized carbons (Fsp3) is 0.143. The summed E-state index contributed by atoms with van der Waals surface area (Å²) in [6, 6.07) is 18.8. The minimum Gasteiger partial charge on any atom is -0.324 e. The molecule has 6 nitrogen and oxygen atoms in total. The van der Waals surface area contributed by atoms with Crippen LogP contribution in [0, 0.1) is 11.3 Å². The Hall–Kier alpha value is -3.37. The summed E-state index contributed by atoms with van der Waals surface area (Å²) >= 11 is 1.31. The zero-order chi connectivity index (χ0) is 19.9. The lowest BCUT2D eigenvalue weighted by molar-refractivity contribution is -0.115. The number of nitriles is 1. The third-order valence-corrected chi connectivity index (χ3v) is 5.10. The van der Waals surface area contributed by atoms with Crippen molar-refractivity contribution in [1.29, 1.82) is 5.26 Å². The van der Waals surface area contributed by atoms with Gasteiger partial charge in [0.15, 0.2) is 11.0 Å². The molecule has 1 heterocycles. The minimum absolute atomic E-state index is 0.206. The van der Waals surface area contributed by atoms with Gasteiger partial charge >= 0.3 is 0 Å². The molecular weight excluding hydrogens is 370 g/mol. The number of anilines is 1. The van der Waals surface area contributed by atoms with E-state index in [-0.39, 0.29) is 5.91 Å². The van der Waals surface area contributed by atoms with Gasteiger partial charge in [-0.3, -0.25) is 9.36 Å². The van der Waals surface area contributed by atoms with Gasteiger partial charge in [-0.15, -0.1) is 16.8 Å². The summed E-state index contributed by atoms with van der Waals surface area (Å²) in [5.41, 5.74) is 1.87. The standard InChI is InChI=1S/C21H19N5OS/c1-3-13-26-19(16-9-5-4-6-10-16)24-25-21(26)28-15(2)20(27)23-18-12-8-7-11-17(18)14-22/h3-12,15H,1,13H2,2H3,(H,23,27)/t15-/m1/s1. The average molecular weight is 389 g/mol. The molecule has 0 saturated heterocycles. The van der Waals surface area contributed by atoms with Crippen LogP contribution < -0.4 is 5.32 Å². The molecule has 0 spiro atoms. The number of hydrogen-bond acceptors (Lipinski definition) is 5. The van der Waals surface area contributed by atoms with Gasteiger partial charge in [0, 0.05) is 12.1 Å². The van der Waals surface area contributed by atoms with Gasteiger partial charge < -0.3 is 5.32 Å². The zero-order valence-corrected chi connectivity index (χ0v) is 16.2. The number of benzene rings is 2. The van der Waals surface area contributed by atoms with E-state index in [1.165, 1.54) is 11.8 Å². The van der Waals surface area contributed by atoms with Gasteiger partial charge in [-0.25, -0.2) is 0 Å². The highest BCUT2D eigenvalue weighted by Crippen LogP contribution is 2.27. The maximum Gasteiger partial charge on any atom is 0.237 e. The molecule has 3 rings (SSSR count). The van der Waals surface area contributed by atoms with E-state index in [2.05, 4.69) is 28.2 Å². The highest BCUT2D eigenvalue weighted by Gasteiger charge is 2.21.